The molecule has 172 valence electrons. The second-order valence-electron chi connectivity index (χ2n) is 7.81. The first-order valence-corrected chi connectivity index (χ1v) is 11.1. The lowest BCUT2D eigenvalue weighted by Crippen LogP contribution is -2.34. The van der Waals surface area contributed by atoms with E-state index in [1.807, 2.05) is 91.0 Å². The second-order valence-corrected chi connectivity index (χ2v) is 7.81. The summed E-state index contributed by atoms with van der Waals surface area (Å²) >= 11 is 0. The molecule has 0 radical (unpaired) electrons. The Morgan fingerprint density at radius 3 is 1.94 bits per heavy atom. The van der Waals surface area contributed by atoms with Crippen molar-refractivity contribution in [1.29, 1.82) is 0 Å². The summed E-state index contributed by atoms with van der Waals surface area (Å²) in [4.78, 5) is 11.7. The van der Waals surface area contributed by atoms with Crippen LogP contribution in [0.3, 0.4) is 0 Å². The smallest absolute Gasteiger partial charge is 0.147 e. The van der Waals surface area contributed by atoms with Crippen LogP contribution in [-0.2, 0) is 34.0 Å². The van der Waals surface area contributed by atoms with Gasteiger partial charge in [0.05, 0.1) is 25.9 Å². The first-order chi connectivity index (χ1) is 16.2. The molecule has 0 heterocycles. The number of carbonyl (C=O) groups is 1. The monoisotopic (exact) mass is 445 g/mol. The van der Waals surface area contributed by atoms with Crippen LogP contribution in [0.2, 0.25) is 0 Å². The molecule has 0 amide bonds. The normalized spacial score (nSPS) is 13.3. The van der Waals surface area contributed by atoms with E-state index in [1.54, 1.807) is 6.20 Å². The topological polar surface area (TPSA) is 67.8 Å². The summed E-state index contributed by atoms with van der Waals surface area (Å²) in [5, 5.41) is 14.0. The third kappa shape index (κ3) is 9.02. The zero-order chi connectivity index (χ0) is 23.1. The van der Waals surface area contributed by atoms with Gasteiger partial charge in [-0.1, -0.05) is 91.0 Å². The van der Waals surface area contributed by atoms with Crippen molar-refractivity contribution in [3.8, 4) is 0 Å². The maximum absolute atomic E-state index is 11.7. The molecule has 3 aromatic carbocycles. The molecule has 0 bridgehead atoms. The van der Waals surface area contributed by atoms with E-state index in [0.717, 1.165) is 23.0 Å². The molecule has 33 heavy (non-hydrogen) atoms. The molecule has 0 aromatic heterocycles. The second kappa shape index (κ2) is 14.0. The molecule has 2 N–H and O–H groups in total. The molecule has 0 aliphatic rings. The van der Waals surface area contributed by atoms with Gasteiger partial charge in [0.25, 0.3) is 0 Å². The number of benzene rings is 3. The highest BCUT2D eigenvalue weighted by molar-refractivity contribution is 5.73. The zero-order valence-electron chi connectivity index (χ0n) is 18.7. The molecule has 0 fully saturated rings. The molecule has 5 nitrogen and oxygen atoms in total. The lowest BCUT2D eigenvalue weighted by Gasteiger charge is -2.24. The number of aldehydes is 1. The van der Waals surface area contributed by atoms with E-state index >= 15 is 0 Å². The standard InChI is InChI=1S/C28H31NO4/c30-19-26(18-29-17-23-10-4-1-5-11-23)16-28(33-21-25-14-8-3-9-15-25)27(31)22-32-20-24-12-6-2-7-13-24/h1-15,18-19,27-29,31H,16-17,20-22H2/b26-18+/t27-,28-/m1/s1. The summed E-state index contributed by atoms with van der Waals surface area (Å²) in [6.07, 6.45) is 1.30. The number of aliphatic hydroxyl groups excluding tert-OH is 1. The van der Waals surface area contributed by atoms with Crippen molar-refractivity contribution in [3.05, 3.63) is 119 Å². The molecule has 0 unspecified atom stereocenters. The lowest BCUT2D eigenvalue weighted by atomic mass is 10.1. The summed E-state index contributed by atoms with van der Waals surface area (Å²) < 4.78 is 11.7. The summed E-state index contributed by atoms with van der Waals surface area (Å²) in [6.45, 7) is 1.46. The first kappa shape index (κ1) is 24.4. The van der Waals surface area contributed by atoms with Crippen LogP contribution in [0.5, 0.6) is 0 Å². The van der Waals surface area contributed by atoms with Crippen molar-refractivity contribution in [2.45, 2.75) is 38.4 Å². The van der Waals surface area contributed by atoms with Gasteiger partial charge in [0.1, 0.15) is 12.4 Å². The number of ether oxygens (including phenoxy) is 2. The highest BCUT2D eigenvalue weighted by Crippen LogP contribution is 2.15. The maximum Gasteiger partial charge on any atom is 0.147 e. The van der Waals surface area contributed by atoms with Crippen LogP contribution in [0.1, 0.15) is 23.1 Å². The van der Waals surface area contributed by atoms with E-state index in [9.17, 15) is 9.90 Å². The Bertz CT molecular complexity index is 961. The molecule has 5 heteroatoms. The summed E-state index contributed by atoms with van der Waals surface area (Å²) in [5.41, 5.74) is 3.67. The Morgan fingerprint density at radius 2 is 1.36 bits per heavy atom. The van der Waals surface area contributed by atoms with Gasteiger partial charge < -0.3 is 19.9 Å². The molecule has 0 saturated carbocycles. The quantitative estimate of drug-likeness (QED) is 0.284. The molecular weight excluding hydrogens is 414 g/mol. The van der Waals surface area contributed by atoms with Gasteiger partial charge in [0.2, 0.25) is 0 Å². The van der Waals surface area contributed by atoms with Gasteiger partial charge in [0, 0.05) is 24.7 Å². The maximum atomic E-state index is 11.7. The van der Waals surface area contributed by atoms with Crippen molar-refractivity contribution < 1.29 is 19.4 Å². The fraction of sp³-hybridized carbons (Fsp3) is 0.250. The third-order valence-corrected chi connectivity index (χ3v) is 5.16. The predicted molar refractivity (Wildman–Crippen MR) is 129 cm³/mol. The van der Waals surface area contributed by atoms with Gasteiger partial charge in [-0.3, -0.25) is 4.79 Å². The van der Waals surface area contributed by atoms with E-state index in [2.05, 4.69) is 5.32 Å². The van der Waals surface area contributed by atoms with Crippen molar-refractivity contribution in [2.24, 2.45) is 0 Å². The predicted octanol–water partition coefficient (Wildman–Crippen LogP) is 4.41. The van der Waals surface area contributed by atoms with E-state index in [4.69, 9.17) is 9.47 Å². The largest absolute Gasteiger partial charge is 0.388 e. The van der Waals surface area contributed by atoms with Gasteiger partial charge in [-0.05, 0) is 16.7 Å². The minimum Gasteiger partial charge on any atom is -0.388 e. The van der Waals surface area contributed by atoms with E-state index in [1.165, 1.54) is 0 Å². The summed E-state index contributed by atoms with van der Waals surface area (Å²) in [7, 11) is 0. The van der Waals surface area contributed by atoms with Gasteiger partial charge >= 0.3 is 0 Å². The molecule has 3 rings (SSSR count). The molecule has 0 aliphatic carbocycles. The average Bonchev–Trinajstić information content (AvgIpc) is 2.87. The van der Waals surface area contributed by atoms with Crippen LogP contribution in [-0.4, -0.2) is 30.2 Å². The summed E-state index contributed by atoms with van der Waals surface area (Å²) in [6, 6.07) is 29.5. The Morgan fingerprint density at radius 1 is 0.818 bits per heavy atom. The number of rotatable bonds is 14. The molecule has 2 atom stereocenters. The number of nitrogens with one attached hydrogen (secondary N) is 1. The Kier molecular flexibility index (Phi) is 10.4. The van der Waals surface area contributed by atoms with E-state index in [0.29, 0.717) is 25.3 Å². The molecular formula is C28H31NO4. The van der Waals surface area contributed by atoms with Crippen molar-refractivity contribution in [1.82, 2.24) is 5.32 Å². The fourth-order valence-electron chi connectivity index (χ4n) is 3.33. The number of aliphatic hydroxyl groups is 1. The highest BCUT2D eigenvalue weighted by Gasteiger charge is 2.22. The third-order valence-electron chi connectivity index (χ3n) is 5.16. The van der Waals surface area contributed by atoms with Crippen LogP contribution < -0.4 is 5.32 Å². The molecule has 0 aliphatic heterocycles. The average molecular weight is 446 g/mol. The first-order valence-electron chi connectivity index (χ1n) is 11.1. The van der Waals surface area contributed by atoms with Crippen LogP contribution in [0.4, 0.5) is 0 Å². The number of hydrogen-bond acceptors (Lipinski definition) is 5. The van der Waals surface area contributed by atoms with Gasteiger partial charge in [-0.25, -0.2) is 0 Å². The van der Waals surface area contributed by atoms with Crippen LogP contribution in [0, 0.1) is 0 Å². The number of hydrogen-bond donors (Lipinski definition) is 2. The van der Waals surface area contributed by atoms with Crippen molar-refractivity contribution in [2.75, 3.05) is 6.61 Å². The highest BCUT2D eigenvalue weighted by atomic mass is 16.5. The molecule has 0 spiro atoms. The van der Waals surface area contributed by atoms with Gasteiger partial charge in [0.15, 0.2) is 0 Å². The Balaban J connectivity index is 1.58. The van der Waals surface area contributed by atoms with E-state index in [-0.39, 0.29) is 13.0 Å². The minimum absolute atomic E-state index is 0.109. The molecule has 0 saturated heterocycles. The Labute approximate surface area is 195 Å². The molecule has 3 aromatic rings. The van der Waals surface area contributed by atoms with Crippen LogP contribution >= 0.6 is 0 Å². The summed E-state index contributed by atoms with van der Waals surface area (Å²) in [5.74, 6) is 0. The van der Waals surface area contributed by atoms with Gasteiger partial charge in [-0.2, -0.15) is 0 Å². The van der Waals surface area contributed by atoms with Crippen molar-refractivity contribution >= 4 is 6.29 Å². The minimum atomic E-state index is -0.880. The Hall–Kier alpha value is -3.25. The lowest BCUT2D eigenvalue weighted by molar-refractivity contribution is -0.106. The van der Waals surface area contributed by atoms with Crippen LogP contribution in [0.15, 0.2) is 103 Å². The number of carbonyl (C=O) groups excluding carboxylic acids is 1. The van der Waals surface area contributed by atoms with Crippen LogP contribution in [0.25, 0.3) is 0 Å². The SMILES string of the molecule is O=C/C(=C/NCc1ccccc1)C[C@@H](OCc1ccccc1)[C@H](O)COCc1ccccc1. The zero-order valence-corrected chi connectivity index (χ0v) is 18.7. The van der Waals surface area contributed by atoms with Gasteiger partial charge in [-0.15, -0.1) is 0 Å². The fourth-order valence-corrected chi connectivity index (χ4v) is 3.33. The van der Waals surface area contributed by atoms with Crippen molar-refractivity contribution in [3.63, 3.8) is 0 Å². The van der Waals surface area contributed by atoms with E-state index < -0.39 is 12.2 Å².